The van der Waals surface area contributed by atoms with Crippen LogP contribution in [0, 0.1) is 5.92 Å². The van der Waals surface area contributed by atoms with Gasteiger partial charge in [-0.1, -0.05) is 13.8 Å². The zero-order chi connectivity index (χ0) is 11.3. The first kappa shape index (κ1) is 12.2. The van der Waals surface area contributed by atoms with E-state index in [2.05, 4.69) is 24.1 Å². The summed E-state index contributed by atoms with van der Waals surface area (Å²) >= 11 is 0. The molecule has 0 saturated carbocycles. The van der Waals surface area contributed by atoms with Crippen LogP contribution in [0.5, 0.6) is 0 Å². The molecule has 0 aliphatic rings. The van der Waals surface area contributed by atoms with Crippen molar-refractivity contribution in [2.45, 2.75) is 26.4 Å². The Morgan fingerprint density at radius 1 is 1.47 bits per heavy atom. The van der Waals surface area contributed by atoms with Crippen molar-refractivity contribution in [3.63, 3.8) is 0 Å². The molecule has 1 unspecified atom stereocenters. The Morgan fingerprint density at radius 2 is 2.20 bits per heavy atom. The van der Waals surface area contributed by atoms with Gasteiger partial charge in [-0.2, -0.15) is 0 Å². The van der Waals surface area contributed by atoms with Gasteiger partial charge in [0.05, 0.1) is 6.10 Å². The Morgan fingerprint density at radius 3 is 2.73 bits per heavy atom. The lowest BCUT2D eigenvalue weighted by atomic mass is 10.2. The largest absolute Gasteiger partial charge is 0.391 e. The van der Waals surface area contributed by atoms with E-state index in [-0.39, 0.29) is 6.10 Å². The Bertz CT molecular complexity index is 283. The normalized spacial score (nSPS) is 13.4. The number of rotatable bonds is 6. The summed E-state index contributed by atoms with van der Waals surface area (Å²) in [5, 5.41) is 13.0. The number of aromatic nitrogens is 2. The van der Waals surface area contributed by atoms with E-state index in [4.69, 9.17) is 0 Å². The molecule has 0 saturated heterocycles. The Hall–Kier alpha value is -0.870. The van der Waals surface area contributed by atoms with E-state index in [0.29, 0.717) is 18.9 Å². The topological polar surface area (TPSA) is 50.1 Å². The van der Waals surface area contributed by atoms with Gasteiger partial charge >= 0.3 is 0 Å². The smallest absolute Gasteiger partial charge is 0.111 e. The minimum absolute atomic E-state index is 0.357. The Kier molecular flexibility index (Phi) is 4.78. The van der Waals surface area contributed by atoms with Gasteiger partial charge in [-0.15, -0.1) is 0 Å². The molecule has 0 fully saturated rings. The summed E-state index contributed by atoms with van der Waals surface area (Å²) in [7, 11) is 1.94. The van der Waals surface area contributed by atoms with E-state index in [1.807, 2.05) is 17.8 Å². The number of aliphatic hydroxyl groups is 1. The monoisotopic (exact) mass is 211 g/mol. The summed E-state index contributed by atoms with van der Waals surface area (Å²) in [5.74, 6) is 1.54. The van der Waals surface area contributed by atoms with Crippen molar-refractivity contribution in [2.75, 3.05) is 13.1 Å². The molecule has 1 atom stereocenters. The quantitative estimate of drug-likeness (QED) is 0.723. The van der Waals surface area contributed by atoms with Crippen molar-refractivity contribution in [2.24, 2.45) is 13.0 Å². The van der Waals surface area contributed by atoms with Crippen LogP contribution in [-0.4, -0.2) is 33.9 Å². The van der Waals surface area contributed by atoms with Gasteiger partial charge in [0.1, 0.15) is 5.82 Å². The number of hydrogen-bond donors (Lipinski definition) is 2. The molecule has 0 spiro atoms. The standard InChI is InChI=1S/C11H21N3O/c1-9(2)7-12-8-10(15)6-11-13-4-5-14(11)3/h4-5,9-10,12,15H,6-8H2,1-3H3. The van der Waals surface area contributed by atoms with Gasteiger partial charge in [-0.05, 0) is 12.5 Å². The maximum absolute atomic E-state index is 9.74. The fourth-order valence-electron chi connectivity index (χ4n) is 1.41. The van der Waals surface area contributed by atoms with E-state index in [0.717, 1.165) is 12.4 Å². The van der Waals surface area contributed by atoms with Gasteiger partial charge in [0, 0.05) is 32.4 Å². The average Bonchev–Trinajstić information content (AvgIpc) is 2.51. The molecule has 4 heteroatoms. The number of nitrogens with one attached hydrogen (secondary N) is 1. The van der Waals surface area contributed by atoms with Gasteiger partial charge < -0.3 is 15.0 Å². The fraction of sp³-hybridized carbons (Fsp3) is 0.727. The minimum Gasteiger partial charge on any atom is -0.391 e. The third kappa shape index (κ3) is 4.44. The number of aliphatic hydroxyl groups excluding tert-OH is 1. The molecule has 0 aromatic carbocycles. The van der Waals surface area contributed by atoms with Crippen molar-refractivity contribution >= 4 is 0 Å². The van der Waals surface area contributed by atoms with Crippen LogP contribution in [0.2, 0.25) is 0 Å². The van der Waals surface area contributed by atoms with Crippen LogP contribution in [0.3, 0.4) is 0 Å². The molecule has 0 aliphatic heterocycles. The zero-order valence-corrected chi connectivity index (χ0v) is 9.77. The maximum atomic E-state index is 9.74. The van der Waals surface area contributed by atoms with Crippen LogP contribution in [0.25, 0.3) is 0 Å². The Labute approximate surface area is 91.3 Å². The van der Waals surface area contributed by atoms with Crippen LogP contribution in [0.4, 0.5) is 0 Å². The van der Waals surface area contributed by atoms with E-state index in [1.165, 1.54) is 0 Å². The Balaban J connectivity index is 2.24. The van der Waals surface area contributed by atoms with Crippen LogP contribution in [0.15, 0.2) is 12.4 Å². The molecule has 2 N–H and O–H groups in total. The van der Waals surface area contributed by atoms with Crippen LogP contribution in [0.1, 0.15) is 19.7 Å². The van der Waals surface area contributed by atoms with Crippen molar-refractivity contribution in [1.82, 2.24) is 14.9 Å². The van der Waals surface area contributed by atoms with E-state index in [1.54, 1.807) is 6.20 Å². The maximum Gasteiger partial charge on any atom is 0.111 e. The second-order valence-corrected chi connectivity index (χ2v) is 4.36. The van der Waals surface area contributed by atoms with Crippen LogP contribution < -0.4 is 5.32 Å². The molecular formula is C11H21N3O. The van der Waals surface area contributed by atoms with Crippen molar-refractivity contribution in [1.29, 1.82) is 0 Å². The van der Waals surface area contributed by atoms with E-state index in [9.17, 15) is 5.11 Å². The molecule has 15 heavy (non-hydrogen) atoms. The third-order valence-electron chi connectivity index (χ3n) is 2.27. The predicted molar refractivity (Wildman–Crippen MR) is 60.6 cm³/mol. The van der Waals surface area contributed by atoms with Crippen molar-refractivity contribution in [3.05, 3.63) is 18.2 Å². The molecule has 0 aliphatic carbocycles. The van der Waals surface area contributed by atoms with E-state index >= 15 is 0 Å². The lowest BCUT2D eigenvalue weighted by Gasteiger charge is -2.12. The molecule has 1 aromatic rings. The highest BCUT2D eigenvalue weighted by Crippen LogP contribution is 1.99. The summed E-state index contributed by atoms with van der Waals surface area (Å²) in [4.78, 5) is 4.17. The molecule has 0 amide bonds. The second-order valence-electron chi connectivity index (χ2n) is 4.36. The van der Waals surface area contributed by atoms with Gasteiger partial charge in [0.15, 0.2) is 0 Å². The molecular weight excluding hydrogens is 190 g/mol. The summed E-state index contributed by atoms with van der Waals surface area (Å²) < 4.78 is 1.94. The van der Waals surface area contributed by atoms with Gasteiger partial charge in [-0.3, -0.25) is 0 Å². The molecule has 1 heterocycles. The third-order valence-corrected chi connectivity index (χ3v) is 2.27. The summed E-state index contributed by atoms with van der Waals surface area (Å²) in [6.07, 6.45) is 3.90. The molecule has 4 nitrogen and oxygen atoms in total. The summed E-state index contributed by atoms with van der Waals surface area (Å²) in [6, 6.07) is 0. The first-order valence-corrected chi connectivity index (χ1v) is 5.44. The van der Waals surface area contributed by atoms with Crippen LogP contribution in [-0.2, 0) is 13.5 Å². The van der Waals surface area contributed by atoms with Gasteiger partial charge in [0.25, 0.3) is 0 Å². The van der Waals surface area contributed by atoms with Crippen LogP contribution >= 0.6 is 0 Å². The molecule has 0 bridgehead atoms. The molecule has 86 valence electrons. The number of aryl methyl sites for hydroxylation is 1. The highest BCUT2D eigenvalue weighted by Gasteiger charge is 2.08. The number of hydrogen-bond acceptors (Lipinski definition) is 3. The lowest BCUT2D eigenvalue weighted by Crippen LogP contribution is -2.31. The average molecular weight is 211 g/mol. The SMILES string of the molecule is CC(C)CNCC(O)Cc1nccn1C. The molecule has 1 aromatic heterocycles. The zero-order valence-electron chi connectivity index (χ0n) is 9.77. The highest BCUT2D eigenvalue weighted by atomic mass is 16.3. The van der Waals surface area contributed by atoms with Gasteiger partial charge in [-0.25, -0.2) is 4.98 Å². The molecule has 1 rings (SSSR count). The van der Waals surface area contributed by atoms with Gasteiger partial charge in [0.2, 0.25) is 0 Å². The minimum atomic E-state index is -0.357. The number of nitrogens with zero attached hydrogens (tertiary/aromatic N) is 2. The summed E-state index contributed by atoms with van der Waals surface area (Å²) in [6.45, 7) is 5.87. The highest BCUT2D eigenvalue weighted by molar-refractivity contribution is 4.93. The lowest BCUT2D eigenvalue weighted by molar-refractivity contribution is 0.167. The molecule has 0 radical (unpaired) electrons. The van der Waals surface area contributed by atoms with Crippen molar-refractivity contribution in [3.8, 4) is 0 Å². The first-order valence-electron chi connectivity index (χ1n) is 5.44. The fourth-order valence-corrected chi connectivity index (χ4v) is 1.41. The first-order chi connectivity index (χ1) is 7.09. The summed E-state index contributed by atoms with van der Waals surface area (Å²) in [5.41, 5.74) is 0. The van der Waals surface area contributed by atoms with Crippen molar-refractivity contribution < 1.29 is 5.11 Å². The second kappa shape index (κ2) is 5.88. The number of imidazole rings is 1. The predicted octanol–water partition coefficient (Wildman–Crippen LogP) is 0.569. The van der Waals surface area contributed by atoms with E-state index < -0.39 is 0 Å².